The normalized spacial score (nSPS) is 12.6. The summed E-state index contributed by atoms with van der Waals surface area (Å²) in [6.07, 6.45) is -0.392. The van der Waals surface area contributed by atoms with Crippen molar-refractivity contribution in [3.8, 4) is 5.75 Å². The summed E-state index contributed by atoms with van der Waals surface area (Å²) in [6, 6.07) is 5.56. The van der Waals surface area contributed by atoms with Crippen molar-refractivity contribution in [3.05, 3.63) is 23.2 Å². The number of thiazole rings is 1. The topological polar surface area (TPSA) is 59.4 Å². The molecule has 1 atom stereocenters. The average Bonchev–Trinajstić information content (AvgIpc) is 2.66. The zero-order valence-corrected chi connectivity index (χ0v) is 10.5. The highest BCUT2D eigenvalue weighted by Gasteiger charge is 2.18. The zero-order valence-electron chi connectivity index (χ0n) is 9.64. The van der Waals surface area contributed by atoms with E-state index in [1.165, 1.54) is 0 Å². The van der Waals surface area contributed by atoms with Crippen LogP contribution in [0.5, 0.6) is 5.75 Å². The van der Waals surface area contributed by atoms with Crippen molar-refractivity contribution in [1.29, 1.82) is 0 Å². The fraction of sp³-hybridized carbons (Fsp3) is 0.333. The smallest absolute Gasteiger partial charge is 0.344 e. The number of aliphatic carboxylic acids is 1. The number of hydrogen-bond donors (Lipinski definition) is 1. The summed E-state index contributed by atoms with van der Waals surface area (Å²) >= 11 is 1.57. The van der Waals surface area contributed by atoms with E-state index >= 15 is 0 Å². The summed E-state index contributed by atoms with van der Waals surface area (Å²) in [5, 5.41) is 9.91. The van der Waals surface area contributed by atoms with Crippen LogP contribution in [0.15, 0.2) is 18.2 Å². The molecule has 1 aromatic heterocycles. The number of rotatable bonds is 4. The van der Waals surface area contributed by atoms with Gasteiger partial charge in [-0.3, -0.25) is 0 Å². The molecule has 0 aliphatic heterocycles. The molecule has 0 aliphatic carbocycles. The number of nitrogens with zero attached hydrogens (tertiary/aromatic N) is 1. The molecule has 4 nitrogen and oxygen atoms in total. The summed E-state index contributed by atoms with van der Waals surface area (Å²) in [5.41, 5.74) is 0.745. The van der Waals surface area contributed by atoms with E-state index in [9.17, 15) is 4.79 Å². The molecular weight excluding hydrogens is 238 g/mol. The molecule has 0 radical (unpaired) electrons. The highest BCUT2D eigenvalue weighted by atomic mass is 32.1. The molecule has 0 spiro atoms. The summed E-state index contributed by atoms with van der Waals surface area (Å²) in [5.74, 6) is -0.405. The van der Waals surface area contributed by atoms with Crippen LogP contribution in [0.25, 0.3) is 10.2 Å². The maximum absolute atomic E-state index is 10.9. The van der Waals surface area contributed by atoms with Gasteiger partial charge >= 0.3 is 5.97 Å². The van der Waals surface area contributed by atoms with Gasteiger partial charge in [-0.05, 0) is 25.5 Å². The van der Waals surface area contributed by atoms with E-state index in [2.05, 4.69) is 4.98 Å². The maximum atomic E-state index is 10.9. The molecule has 1 heterocycles. The first-order valence-electron chi connectivity index (χ1n) is 5.37. The Morgan fingerprint density at radius 2 is 2.35 bits per heavy atom. The summed E-state index contributed by atoms with van der Waals surface area (Å²) in [6.45, 7) is 3.70. The van der Waals surface area contributed by atoms with Gasteiger partial charge in [0.15, 0.2) is 6.10 Å². The van der Waals surface area contributed by atoms with Gasteiger partial charge in [0.25, 0.3) is 0 Å². The van der Waals surface area contributed by atoms with Crippen LogP contribution < -0.4 is 4.74 Å². The van der Waals surface area contributed by atoms with Crippen molar-refractivity contribution >= 4 is 27.5 Å². The number of benzene rings is 1. The third kappa shape index (κ3) is 2.39. The number of aromatic nitrogens is 1. The van der Waals surface area contributed by atoms with E-state index in [-0.39, 0.29) is 0 Å². The zero-order chi connectivity index (χ0) is 12.4. The summed E-state index contributed by atoms with van der Waals surface area (Å²) < 4.78 is 6.51. The molecule has 90 valence electrons. The monoisotopic (exact) mass is 251 g/mol. The number of carbonyl (C=O) groups is 1. The van der Waals surface area contributed by atoms with Gasteiger partial charge in [-0.1, -0.05) is 13.0 Å². The van der Waals surface area contributed by atoms with Crippen molar-refractivity contribution in [2.24, 2.45) is 0 Å². The van der Waals surface area contributed by atoms with Gasteiger partial charge in [0.1, 0.15) is 11.3 Å². The summed E-state index contributed by atoms with van der Waals surface area (Å²) in [7, 11) is 0. The number of hydrogen-bond acceptors (Lipinski definition) is 4. The van der Waals surface area contributed by atoms with Gasteiger partial charge < -0.3 is 9.84 Å². The molecule has 5 heteroatoms. The molecule has 1 unspecified atom stereocenters. The largest absolute Gasteiger partial charge is 0.479 e. The Hall–Kier alpha value is -1.62. The number of para-hydroxylation sites is 1. The van der Waals surface area contributed by atoms with Crippen LogP contribution in [-0.2, 0) is 4.79 Å². The number of carboxylic acids is 1. The first-order valence-corrected chi connectivity index (χ1v) is 6.19. The standard InChI is InChI=1S/C12H13NO3S/c1-3-8(12(14)15)16-9-5-4-6-10-11(9)13-7(2)17-10/h4-6,8H,3H2,1-2H3,(H,14,15). The minimum atomic E-state index is -0.948. The van der Waals surface area contributed by atoms with E-state index in [0.717, 1.165) is 15.2 Å². The lowest BCUT2D eigenvalue weighted by atomic mass is 10.2. The predicted octanol–water partition coefficient (Wildman–Crippen LogP) is 2.85. The molecule has 1 aromatic carbocycles. The predicted molar refractivity (Wildman–Crippen MR) is 66.7 cm³/mol. The van der Waals surface area contributed by atoms with Gasteiger partial charge in [0, 0.05) is 0 Å². The maximum Gasteiger partial charge on any atom is 0.344 e. The molecule has 0 amide bonds. The van der Waals surface area contributed by atoms with E-state index in [1.807, 2.05) is 19.1 Å². The second kappa shape index (κ2) is 4.71. The van der Waals surface area contributed by atoms with Crippen molar-refractivity contribution in [2.45, 2.75) is 26.4 Å². The van der Waals surface area contributed by atoms with E-state index in [4.69, 9.17) is 9.84 Å². The van der Waals surface area contributed by atoms with Gasteiger partial charge in [0.05, 0.1) is 9.71 Å². The first kappa shape index (κ1) is 11.9. The van der Waals surface area contributed by atoms with E-state index < -0.39 is 12.1 Å². The van der Waals surface area contributed by atoms with Crippen LogP contribution >= 0.6 is 11.3 Å². The van der Waals surface area contributed by atoms with Crippen LogP contribution in [0.3, 0.4) is 0 Å². The van der Waals surface area contributed by atoms with Gasteiger partial charge in [-0.2, -0.15) is 0 Å². The highest BCUT2D eigenvalue weighted by molar-refractivity contribution is 7.18. The Morgan fingerprint density at radius 1 is 1.59 bits per heavy atom. The van der Waals surface area contributed by atoms with Crippen LogP contribution in [0.1, 0.15) is 18.4 Å². The fourth-order valence-electron chi connectivity index (χ4n) is 1.59. The molecule has 0 bridgehead atoms. The third-order valence-corrected chi connectivity index (χ3v) is 3.34. The van der Waals surface area contributed by atoms with Crippen LogP contribution in [-0.4, -0.2) is 22.2 Å². The number of carboxylic acid groups (broad SMARTS) is 1. The Balaban J connectivity index is 2.38. The van der Waals surface area contributed by atoms with Crippen LogP contribution in [0, 0.1) is 6.92 Å². The minimum Gasteiger partial charge on any atom is -0.479 e. The lowest BCUT2D eigenvalue weighted by Gasteiger charge is -2.13. The molecule has 0 fully saturated rings. The van der Waals surface area contributed by atoms with Gasteiger partial charge in [0.2, 0.25) is 0 Å². The second-order valence-corrected chi connectivity index (χ2v) is 4.92. The molecule has 2 aromatic rings. The molecule has 1 N–H and O–H groups in total. The summed E-state index contributed by atoms with van der Waals surface area (Å²) in [4.78, 5) is 15.3. The quantitative estimate of drug-likeness (QED) is 0.907. The molecule has 0 saturated carbocycles. The van der Waals surface area contributed by atoms with Crippen LogP contribution in [0.2, 0.25) is 0 Å². The lowest BCUT2D eigenvalue weighted by molar-refractivity contribution is -0.145. The fourth-order valence-corrected chi connectivity index (χ4v) is 2.44. The SMILES string of the molecule is CCC(Oc1cccc2sc(C)nc12)C(=O)O. The minimum absolute atomic E-state index is 0.425. The van der Waals surface area contributed by atoms with Crippen molar-refractivity contribution in [3.63, 3.8) is 0 Å². The number of aryl methyl sites for hydroxylation is 1. The van der Waals surface area contributed by atoms with Crippen molar-refractivity contribution in [1.82, 2.24) is 4.98 Å². The van der Waals surface area contributed by atoms with Crippen LogP contribution in [0.4, 0.5) is 0 Å². The number of fused-ring (bicyclic) bond motifs is 1. The van der Waals surface area contributed by atoms with Gasteiger partial charge in [-0.25, -0.2) is 9.78 Å². The Labute approximate surface area is 103 Å². The first-order chi connectivity index (χ1) is 8.11. The molecular formula is C12H13NO3S. The van der Waals surface area contributed by atoms with Crippen molar-refractivity contribution < 1.29 is 14.6 Å². The van der Waals surface area contributed by atoms with E-state index in [1.54, 1.807) is 24.3 Å². The molecule has 0 saturated heterocycles. The Kier molecular flexibility index (Phi) is 3.28. The van der Waals surface area contributed by atoms with Crippen molar-refractivity contribution in [2.75, 3.05) is 0 Å². The second-order valence-electron chi connectivity index (χ2n) is 3.69. The van der Waals surface area contributed by atoms with Gasteiger partial charge in [-0.15, -0.1) is 11.3 Å². The Morgan fingerprint density at radius 3 is 3.00 bits per heavy atom. The average molecular weight is 251 g/mol. The molecule has 0 aliphatic rings. The third-order valence-electron chi connectivity index (χ3n) is 2.40. The Bertz CT molecular complexity index is 550. The number of ether oxygens (including phenoxy) is 1. The molecule has 17 heavy (non-hydrogen) atoms. The lowest BCUT2D eigenvalue weighted by Crippen LogP contribution is -2.25. The van der Waals surface area contributed by atoms with E-state index in [0.29, 0.717) is 12.2 Å². The highest BCUT2D eigenvalue weighted by Crippen LogP contribution is 2.30. The molecule has 2 rings (SSSR count).